The maximum Gasteiger partial charge on any atom is 0.324 e. The van der Waals surface area contributed by atoms with Gasteiger partial charge in [-0.3, -0.25) is 10.1 Å². The standard InChI is InChI=1S/C14H26N2O2/c1-14(13(17)18,15-12-7-8-12)11-16-9-5-3-2-4-6-10-16/h12,15H,2-11H2,1H3,(H,17,18). The summed E-state index contributed by atoms with van der Waals surface area (Å²) >= 11 is 0. The summed E-state index contributed by atoms with van der Waals surface area (Å²) in [7, 11) is 0. The van der Waals surface area contributed by atoms with Crippen LogP contribution in [-0.4, -0.2) is 47.2 Å². The second-order valence-corrected chi connectivity index (χ2v) is 6.10. The van der Waals surface area contributed by atoms with Gasteiger partial charge in [-0.1, -0.05) is 19.3 Å². The van der Waals surface area contributed by atoms with Crippen molar-refractivity contribution in [3.8, 4) is 0 Å². The number of carboxylic acids is 1. The van der Waals surface area contributed by atoms with E-state index in [2.05, 4.69) is 10.2 Å². The Hall–Kier alpha value is -0.610. The normalized spacial score (nSPS) is 26.1. The van der Waals surface area contributed by atoms with Crippen molar-refractivity contribution in [3.63, 3.8) is 0 Å². The second-order valence-electron chi connectivity index (χ2n) is 6.10. The van der Waals surface area contributed by atoms with Crippen LogP contribution >= 0.6 is 0 Å². The molecule has 4 heteroatoms. The molecule has 1 atom stereocenters. The molecule has 1 saturated carbocycles. The molecule has 1 unspecified atom stereocenters. The predicted molar refractivity (Wildman–Crippen MR) is 71.7 cm³/mol. The Balaban J connectivity index is 1.91. The van der Waals surface area contributed by atoms with E-state index >= 15 is 0 Å². The first-order valence-electron chi connectivity index (χ1n) is 7.34. The molecule has 18 heavy (non-hydrogen) atoms. The Labute approximate surface area is 110 Å². The average molecular weight is 254 g/mol. The minimum Gasteiger partial charge on any atom is -0.480 e. The third kappa shape index (κ3) is 3.95. The van der Waals surface area contributed by atoms with Gasteiger partial charge in [-0.05, 0) is 45.7 Å². The van der Waals surface area contributed by atoms with Crippen molar-refractivity contribution in [1.82, 2.24) is 10.2 Å². The van der Waals surface area contributed by atoms with Crippen LogP contribution in [0.3, 0.4) is 0 Å². The first-order valence-corrected chi connectivity index (χ1v) is 7.34. The van der Waals surface area contributed by atoms with Crippen molar-refractivity contribution in [2.24, 2.45) is 0 Å². The molecule has 104 valence electrons. The van der Waals surface area contributed by atoms with Crippen LogP contribution in [0, 0.1) is 0 Å². The van der Waals surface area contributed by atoms with Crippen molar-refractivity contribution >= 4 is 5.97 Å². The van der Waals surface area contributed by atoms with Crippen molar-refractivity contribution < 1.29 is 9.90 Å². The molecule has 1 aliphatic heterocycles. The third-order valence-corrected chi connectivity index (χ3v) is 4.06. The van der Waals surface area contributed by atoms with Crippen molar-refractivity contribution in [2.75, 3.05) is 19.6 Å². The molecule has 0 radical (unpaired) electrons. The van der Waals surface area contributed by atoms with E-state index in [4.69, 9.17) is 0 Å². The maximum atomic E-state index is 11.5. The number of carbonyl (C=O) groups is 1. The van der Waals surface area contributed by atoms with Crippen LogP contribution in [0.15, 0.2) is 0 Å². The van der Waals surface area contributed by atoms with Gasteiger partial charge in [0.2, 0.25) is 0 Å². The molecule has 2 aliphatic rings. The van der Waals surface area contributed by atoms with E-state index in [1.165, 1.54) is 32.1 Å². The molecule has 0 spiro atoms. The van der Waals surface area contributed by atoms with Crippen LogP contribution in [0.25, 0.3) is 0 Å². The van der Waals surface area contributed by atoms with E-state index in [0.717, 1.165) is 25.9 Å². The lowest BCUT2D eigenvalue weighted by Gasteiger charge is -2.34. The van der Waals surface area contributed by atoms with Crippen LogP contribution in [0.4, 0.5) is 0 Å². The maximum absolute atomic E-state index is 11.5. The molecule has 0 aromatic heterocycles. The van der Waals surface area contributed by atoms with Gasteiger partial charge in [-0.15, -0.1) is 0 Å². The van der Waals surface area contributed by atoms with Gasteiger partial charge in [-0.25, -0.2) is 0 Å². The lowest BCUT2D eigenvalue weighted by Crippen LogP contribution is -2.58. The summed E-state index contributed by atoms with van der Waals surface area (Å²) in [6, 6.07) is 0.431. The Morgan fingerprint density at radius 2 is 1.78 bits per heavy atom. The van der Waals surface area contributed by atoms with Crippen molar-refractivity contribution in [3.05, 3.63) is 0 Å². The number of nitrogens with zero attached hydrogens (tertiary/aromatic N) is 1. The van der Waals surface area contributed by atoms with Crippen LogP contribution < -0.4 is 5.32 Å². The summed E-state index contributed by atoms with van der Waals surface area (Å²) < 4.78 is 0. The van der Waals surface area contributed by atoms with E-state index in [-0.39, 0.29) is 0 Å². The van der Waals surface area contributed by atoms with E-state index in [9.17, 15) is 9.90 Å². The van der Waals surface area contributed by atoms with E-state index < -0.39 is 11.5 Å². The van der Waals surface area contributed by atoms with Gasteiger partial charge in [0.15, 0.2) is 0 Å². The van der Waals surface area contributed by atoms with Gasteiger partial charge in [0.1, 0.15) is 5.54 Å². The number of carboxylic acid groups (broad SMARTS) is 1. The number of rotatable bonds is 5. The van der Waals surface area contributed by atoms with Crippen LogP contribution in [0.2, 0.25) is 0 Å². The fourth-order valence-corrected chi connectivity index (χ4v) is 2.77. The molecule has 2 fully saturated rings. The SMILES string of the molecule is CC(CN1CCCCCCC1)(NC1CC1)C(=O)O. The van der Waals surface area contributed by atoms with E-state index in [1.807, 2.05) is 6.92 Å². The molecule has 0 amide bonds. The van der Waals surface area contributed by atoms with E-state index in [1.54, 1.807) is 0 Å². The summed E-state index contributed by atoms with van der Waals surface area (Å²) in [5, 5.41) is 12.8. The fraction of sp³-hybridized carbons (Fsp3) is 0.929. The zero-order chi connectivity index (χ0) is 13.0. The minimum absolute atomic E-state index is 0.431. The molecule has 2 N–H and O–H groups in total. The zero-order valence-corrected chi connectivity index (χ0v) is 11.5. The minimum atomic E-state index is -0.777. The molecule has 4 nitrogen and oxygen atoms in total. The highest BCUT2D eigenvalue weighted by molar-refractivity contribution is 5.78. The lowest BCUT2D eigenvalue weighted by molar-refractivity contribution is -0.145. The summed E-state index contributed by atoms with van der Waals surface area (Å²) in [4.78, 5) is 13.9. The molecule has 0 aromatic carbocycles. The van der Waals surface area contributed by atoms with Gasteiger partial charge in [0.25, 0.3) is 0 Å². The van der Waals surface area contributed by atoms with Gasteiger partial charge in [0, 0.05) is 12.6 Å². The molecule has 2 rings (SSSR count). The van der Waals surface area contributed by atoms with Gasteiger partial charge in [0.05, 0.1) is 0 Å². The average Bonchev–Trinajstić information content (AvgIpc) is 3.05. The summed E-state index contributed by atoms with van der Waals surface area (Å²) in [6.07, 6.45) is 8.58. The van der Waals surface area contributed by atoms with Crippen LogP contribution in [0.1, 0.15) is 51.9 Å². The number of hydrogen-bond acceptors (Lipinski definition) is 3. The third-order valence-electron chi connectivity index (χ3n) is 4.06. The first-order chi connectivity index (χ1) is 8.60. The molecular formula is C14H26N2O2. The van der Waals surface area contributed by atoms with Crippen LogP contribution in [-0.2, 0) is 4.79 Å². The Bertz CT molecular complexity index is 284. The second kappa shape index (κ2) is 6.02. The Morgan fingerprint density at radius 1 is 1.22 bits per heavy atom. The lowest BCUT2D eigenvalue weighted by atomic mass is 10.00. The topological polar surface area (TPSA) is 52.6 Å². The molecule has 1 aliphatic carbocycles. The number of nitrogens with one attached hydrogen (secondary N) is 1. The summed E-state index contributed by atoms with van der Waals surface area (Å²) in [5.74, 6) is -0.712. The summed E-state index contributed by atoms with van der Waals surface area (Å²) in [5.41, 5.74) is -0.777. The quantitative estimate of drug-likeness (QED) is 0.786. The Kier molecular flexibility index (Phi) is 4.62. The number of likely N-dealkylation sites (tertiary alicyclic amines) is 1. The summed E-state index contributed by atoms with van der Waals surface area (Å²) in [6.45, 7) is 4.58. The molecule has 0 bridgehead atoms. The molecular weight excluding hydrogens is 228 g/mol. The smallest absolute Gasteiger partial charge is 0.324 e. The Morgan fingerprint density at radius 3 is 2.28 bits per heavy atom. The van der Waals surface area contributed by atoms with Crippen LogP contribution in [0.5, 0.6) is 0 Å². The van der Waals surface area contributed by atoms with Crippen molar-refractivity contribution in [1.29, 1.82) is 0 Å². The van der Waals surface area contributed by atoms with Gasteiger partial charge in [-0.2, -0.15) is 0 Å². The van der Waals surface area contributed by atoms with E-state index in [0.29, 0.717) is 12.6 Å². The molecule has 1 saturated heterocycles. The monoisotopic (exact) mass is 254 g/mol. The van der Waals surface area contributed by atoms with Gasteiger partial charge >= 0.3 is 5.97 Å². The highest BCUT2D eigenvalue weighted by atomic mass is 16.4. The predicted octanol–water partition coefficient (Wildman–Crippen LogP) is 1.85. The van der Waals surface area contributed by atoms with Crippen molar-refractivity contribution in [2.45, 2.75) is 63.5 Å². The number of hydrogen-bond donors (Lipinski definition) is 2. The largest absolute Gasteiger partial charge is 0.480 e. The zero-order valence-electron chi connectivity index (χ0n) is 11.5. The first kappa shape index (κ1) is 13.8. The number of aliphatic carboxylic acids is 1. The van der Waals surface area contributed by atoms with Gasteiger partial charge < -0.3 is 10.0 Å². The fourth-order valence-electron chi connectivity index (χ4n) is 2.77. The highest BCUT2D eigenvalue weighted by Gasteiger charge is 2.39. The highest BCUT2D eigenvalue weighted by Crippen LogP contribution is 2.23. The molecule has 0 aromatic rings. The molecule has 1 heterocycles.